The number of pyridine rings is 5. The van der Waals surface area contributed by atoms with Gasteiger partial charge in [-0.3, -0.25) is 4.98 Å². The first-order valence-corrected chi connectivity index (χ1v) is 39.8. The lowest BCUT2D eigenvalue weighted by Crippen LogP contribution is -2.42. The third kappa shape index (κ3) is 14.6. The van der Waals surface area contributed by atoms with Gasteiger partial charge in [-0.1, -0.05) is 68.4 Å². The Morgan fingerprint density at radius 3 is 1.13 bits per heavy atom. The van der Waals surface area contributed by atoms with E-state index in [0.29, 0.717) is 18.0 Å². The van der Waals surface area contributed by atoms with Crippen molar-refractivity contribution in [1.29, 1.82) is 0 Å². The predicted molar refractivity (Wildman–Crippen MR) is 466 cm³/mol. The van der Waals surface area contributed by atoms with Gasteiger partial charge in [-0.25, -0.2) is 18.3 Å². The van der Waals surface area contributed by atoms with E-state index in [4.69, 9.17) is 0 Å². The molecule has 13 nitrogen and oxygen atoms in total. The number of hydrogen-bond donors (Lipinski definition) is 0. The highest BCUT2D eigenvalue weighted by Crippen LogP contribution is 2.51. The fourth-order valence-electron chi connectivity index (χ4n) is 17.5. The highest BCUT2D eigenvalue weighted by molar-refractivity contribution is 5.91. The van der Waals surface area contributed by atoms with Gasteiger partial charge in [-0.05, 0) is 258 Å². The summed E-state index contributed by atoms with van der Waals surface area (Å²) in [5.41, 5.74) is 37.2. The number of benzene rings is 7. The summed E-state index contributed by atoms with van der Waals surface area (Å²) < 4.78 is 8.84. The zero-order valence-electron chi connectivity index (χ0n) is 70.3. The van der Waals surface area contributed by atoms with Gasteiger partial charge in [0.25, 0.3) is 0 Å². The Kier molecular flexibility index (Phi) is 22.4. The molecular weight excluding hydrogens is 1360 g/mol. The number of para-hydroxylation sites is 4. The molecule has 5 aromatic heterocycles. The Labute approximate surface area is 662 Å². The van der Waals surface area contributed by atoms with Crippen LogP contribution in [0.4, 0.5) is 68.2 Å². The van der Waals surface area contributed by atoms with Crippen molar-refractivity contribution in [3.8, 4) is 45.0 Å². The van der Waals surface area contributed by atoms with Crippen LogP contribution in [0.25, 0.3) is 45.0 Å². The van der Waals surface area contributed by atoms with Gasteiger partial charge in [0.05, 0.1) is 73.9 Å². The van der Waals surface area contributed by atoms with Crippen LogP contribution in [0.3, 0.4) is 0 Å². The third-order valence-corrected chi connectivity index (χ3v) is 23.9. The summed E-state index contributed by atoms with van der Waals surface area (Å²) in [4.78, 5) is 24.0. The minimum absolute atomic E-state index is 0.236. The quantitative estimate of drug-likeness (QED) is 0.118. The van der Waals surface area contributed by atoms with Crippen LogP contribution in [0.15, 0.2) is 231 Å². The van der Waals surface area contributed by atoms with Crippen LogP contribution in [-0.4, -0.2) is 55.8 Å². The topological polar surface area (TPSA) is 54.3 Å². The molecule has 0 fully saturated rings. The number of aryl methyl sites for hydroxylation is 8. The molecule has 0 saturated carbocycles. The maximum atomic E-state index is 4.42. The molecule has 111 heavy (non-hydrogen) atoms. The number of rotatable bonds is 11. The van der Waals surface area contributed by atoms with Crippen LogP contribution in [-0.2, 0) is 28.2 Å². The van der Waals surface area contributed by atoms with Gasteiger partial charge in [-0.15, -0.1) is 0 Å². The number of nitrogens with zero attached hydrogens (tertiary/aromatic N) is 13. The SMILES string of the molecule is Cc1c(-c2cccc[n+]2C)cccc1N1c2ccccc2N(C)[C@H]1C.Cc1cc(-c2cccc(N3c4cc(C(C)C)ccc4N(C(C)C)[C@H]3C)c2C)[n+](C)cc1C.Cc1cc[n+](C)c(-c2cccc(N3c4ccccc4N(C)[C@H]3C)c2C)c1.Cc1cc[n+](C)c(-c2cccc(N3c4cnccc4N(C(C)C)[C@H]3C)c2C)c1. The summed E-state index contributed by atoms with van der Waals surface area (Å²) in [6, 6.07) is 71.4. The zero-order valence-corrected chi connectivity index (χ0v) is 70.3. The van der Waals surface area contributed by atoms with Crippen LogP contribution >= 0.6 is 0 Å². The molecule has 9 heterocycles. The summed E-state index contributed by atoms with van der Waals surface area (Å²) in [6.45, 7) is 40.4. The normalized spacial score (nSPS) is 16.0. The fourth-order valence-corrected chi connectivity index (χ4v) is 17.5. The number of aromatic nitrogens is 5. The van der Waals surface area contributed by atoms with E-state index < -0.39 is 0 Å². The second-order valence-corrected chi connectivity index (χ2v) is 32.0. The van der Waals surface area contributed by atoms with Crippen molar-refractivity contribution in [2.24, 2.45) is 28.2 Å². The van der Waals surface area contributed by atoms with E-state index in [1.807, 2.05) is 12.4 Å². The summed E-state index contributed by atoms with van der Waals surface area (Å²) in [5.74, 6) is 0.507. The Balaban J connectivity index is 0.000000130. The fraction of sp³-hybridized carbons (Fsp3) is 0.316. The van der Waals surface area contributed by atoms with Gasteiger partial charge in [0, 0.05) is 103 Å². The predicted octanol–water partition coefficient (Wildman–Crippen LogP) is 21.0. The van der Waals surface area contributed by atoms with Crippen molar-refractivity contribution in [1.82, 2.24) is 4.98 Å². The van der Waals surface area contributed by atoms with Crippen molar-refractivity contribution < 1.29 is 18.3 Å². The minimum atomic E-state index is 0.236. The van der Waals surface area contributed by atoms with Crippen molar-refractivity contribution >= 4 is 68.2 Å². The molecule has 4 aliphatic heterocycles. The highest BCUT2D eigenvalue weighted by atomic mass is 15.4. The van der Waals surface area contributed by atoms with E-state index in [1.54, 1.807) is 0 Å². The van der Waals surface area contributed by atoms with Crippen LogP contribution in [0, 0.1) is 55.4 Å². The van der Waals surface area contributed by atoms with Crippen LogP contribution < -0.4 is 57.5 Å². The molecule has 0 spiro atoms. The molecule has 0 amide bonds. The molecule has 7 aromatic carbocycles. The van der Waals surface area contributed by atoms with Crippen LogP contribution in [0.5, 0.6) is 0 Å². The summed E-state index contributed by atoms with van der Waals surface area (Å²) in [6.07, 6.45) is 13.6. The van der Waals surface area contributed by atoms with E-state index in [0.717, 1.165) is 0 Å². The molecule has 0 unspecified atom stereocenters. The monoisotopic (exact) mass is 1480 g/mol. The van der Waals surface area contributed by atoms with Gasteiger partial charge >= 0.3 is 0 Å². The van der Waals surface area contributed by atoms with Gasteiger partial charge in [0.2, 0.25) is 22.8 Å². The Morgan fingerprint density at radius 1 is 0.315 bits per heavy atom. The largest absolute Gasteiger partial charge is 0.353 e. The second kappa shape index (κ2) is 32.0. The summed E-state index contributed by atoms with van der Waals surface area (Å²) >= 11 is 0. The Hall–Kier alpha value is -11.3. The van der Waals surface area contributed by atoms with E-state index >= 15 is 0 Å². The Bertz CT molecular complexity index is 5420. The average Bonchev–Trinajstić information content (AvgIpc) is 1.62. The molecule has 0 saturated heterocycles. The molecule has 570 valence electrons. The summed E-state index contributed by atoms with van der Waals surface area (Å²) in [7, 11) is 12.8. The molecular formula is C98H117N13+4. The Morgan fingerprint density at radius 2 is 0.694 bits per heavy atom. The molecule has 16 rings (SSSR count). The third-order valence-electron chi connectivity index (χ3n) is 23.9. The van der Waals surface area contributed by atoms with Gasteiger partial charge in [-0.2, -0.15) is 0 Å². The van der Waals surface area contributed by atoms with E-state index in [2.05, 4.69) is 448 Å². The van der Waals surface area contributed by atoms with E-state index in [-0.39, 0.29) is 24.7 Å². The maximum Gasteiger partial charge on any atom is 0.212 e. The van der Waals surface area contributed by atoms with E-state index in [1.165, 1.54) is 163 Å². The maximum absolute atomic E-state index is 4.42. The lowest BCUT2D eigenvalue weighted by atomic mass is 9.99. The highest BCUT2D eigenvalue weighted by Gasteiger charge is 2.40. The number of hydrogen-bond acceptors (Lipinski definition) is 9. The van der Waals surface area contributed by atoms with Crippen molar-refractivity contribution in [2.45, 2.75) is 167 Å². The molecule has 4 atom stereocenters. The first kappa shape index (κ1) is 77.8. The minimum Gasteiger partial charge on any atom is -0.353 e. The lowest BCUT2D eigenvalue weighted by molar-refractivity contribution is -0.660. The van der Waals surface area contributed by atoms with Gasteiger partial charge < -0.3 is 39.2 Å². The molecule has 0 N–H and O–H groups in total. The zero-order chi connectivity index (χ0) is 79.3. The lowest BCUT2D eigenvalue weighted by Gasteiger charge is -2.33. The molecule has 4 aliphatic rings. The first-order valence-electron chi connectivity index (χ1n) is 39.8. The summed E-state index contributed by atoms with van der Waals surface area (Å²) in [5, 5.41) is 0. The average molecular weight is 1480 g/mol. The second-order valence-electron chi connectivity index (χ2n) is 32.0. The van der Waals surface area contributed by atoms with Crippen LogP contribution in [0.1, 0.15) is 125 Å². The van der Waals surface area contributed by atoms with Gasteiger partial charge in [0.1, 0.15) is 52.9 Å². The molecule has 0 bridgehead atoms. The molecule has 12 aromatic rings. The van der Waals surface area contributed by atoms with Gasteiger partial charge in [0.15, 0.2) is 24.8 Å². The molecule has 0 radical (unpaired) electrons. The van der Waals surface area contributed by atoms with Crippen molar-refractivity contribution in [3.05, 3.63) is 281 Å². The van der Waals surface area contributed by atoms with Crippen molar-refractivity contribution in [2.75, 3.05) is 53.3 Å². The molecule has 13 heteroatoms. The molecule has 0 aliphatic carbocycles. The standard InChI is InChI=1S/C29H38N3.C24H29N4.C23H26N3.C22H24N3/c1-18(2)24-13-14-27-29(16-24)32(23(8)31(27)19(3)4)26-12-10-11-25(22(26)7)28-15-20(5)21(6)17-30(28)9;1-16(2)27-19(5)28(24-15-25-12-10-22(24)27)21-9-7-8-20(18(21)4)23-14-17(3)11-13-26(23)6;1-16-13-14-24(4)23(15-16)19-9-8-12-20(17(19)2)26-18(3)25(5)21-10-6-7-11-22(21)26;1-16-18(20-11-7-8-15-23(20)3)10-9-14-19(16)25-17(2)24(4)21-12-5-6-13-22(21)25/h10-19,23H,1-9H3;7-16,19H,1-6H3;6-15,18H,1-5H3;5-15,17H,1-4H3/q4*+1/t23-;19-;18-;17-/m1111/s1. The van der Waals surface area contributed by atoms with Crippen LogP contribution in [0.2, 0.25) is 0 Å². The number of fused-ring (bicyclic) bond motifs is 4. The van der Waals surface area contributed by atoms with Crippen molar-refractivity contribution in [3.63, 3.8) is 0 Å². The first-order chi connectivity index (χ1) is 53.1. The number of anilines is 12. The van der Waals surface area contributed by atoms with E-state index in [9.17, 15) is 0 Å². The smallest absolute Gasteiger partial charge is 0.212 e.